The van der Waals surface area contributed by atoms with E-state index < -0.39 is 0 Å². The Bertz CT molecular complexity index is 1100. The number of piperidine rings is 1. The molecule has 0 radical (unpaired) electrons. The van der Waals surface area contributed by atoms with Gasteiger partial charge in [0.05, 0.1) is 0 Å². The second kappa shape index (κ2) is 18.8. The third-order valence-electron chi connectivity index (χ3n) is 5.89. The number of nitrogens with one attached hydrogen (secondary N) is 3. The van der Waals surface area contributed by atoms with Gasteiger partial charge in [0.1, 0.15) is 12.5 Å². The molecule has 0 unspecified atom stereocenters. The molecular formula is C32H42FN5S. The zero-order valence-electron chi connectivity index (χ0n) is 23.2. The number of benzene rings is 2. The number of halogens is 1. The molecule has 3 rings (SSSR count). The Morgan fingerprint density at radius 3 is 2.36 bits per heavy atom. The van der Waals surface area contributed by atoms with E-state index in [2.05, 4.69) is 81.4 Å². The summed E-state index contributed by atoms with van der Waals surface area (Å²) in [6, 6.07) is 15.3. The third-order valence-corrected chi connectivity index (χ3v) is 7.00. The molecule has 1 heterocycles. The summed E-state index contributed by atoms with van der Waals surface area (Å²) in [6.07, 6.45) is 14.1. The first-order chi connectivity index (χ1) is 19.1. The van der Waals surface area contributed by atoms with Crippen LogP contribution in [0.4, 0.5) is 15.8 Å². The summed E-state index contributed by atoms with van der Waals surface area (Å²) in [5.74, 6) is -0.244. The third kappa shape index (κ3) is 12.8. The zero-order chi connectivity index (χ0) is 28.3. The van der Waals surface area contributed by atoms with Gasteiger partial charge in [-0.3, -0.25) is 4.99 Å². The highest BCUT2D eigenvalue weighted by atomic mass is 32.2. The van der Waals surface area contributed by atoms with Gasteiger partial charge in [0.25, 0.3) is 0 Å². The zero-order valence-corrected chi connectivity index (χ0v) is 24.0. The van der Waals surface area contributed by atoms with E-state index in [1.54, 1.807) is 18.3 Å². The molecule has 208 valence electrons. The standard InChI is InChI=1S/C30H38FN5S.C2H4/c1-4-6-7-25(5-2)22-33-28-17-20-36(21-18-28)37-30-14-12-27(13-15-30)34-23-32-19-16-24(3)35-29-10-8-26(31)9-11-29;1-2/h4-16,19,28,33-35H,2,17-18,20-23H2,1,3H3;1-2H2/b6-4-,24-16+,25-7+,32-19-;. The van der Waals surface area contributed by atoms with Crippen molar-refractivity contribution in [3.63, 3.8) is 0 Å². The second-order valence-electron chi connectivity index (χ2n) is 8.82. The lowest BCUT2D eigenvalue weighted by atomic mass is 10.1. The average Bonchev–Trinajstić information content (AvgIpc) is 2.97. The van der Waals surface area contributed by atoms with E-state index in [-0.39, 0.29) is 5.82 Å². The summed E-state index contributed by atoms with van der Waals surface area (Å²) < 4.78 is 15.4. The molecule has 0 bridgehead atoms. The first-order valence-electron chi connectivity index (χ1n) is 13.2. The van der Waals surface area contributed by atoms with Crippen LogP contribution in [-0.4, -0.2) is 42.9 Å². The molecule has 7 heteroatoms. The second-order valence-corrected chi connectivity index (χ2v) is 9.99. The van der Waals surface area contributed by atoms with Crippen molar-refractivity contribution in [1.82, 2.24) is 9.62 Å². The van der Waals surface area contributed by atoms with E-state index in [4.69, 9.17) is 0 Å². The van der Waals surface area contributed by atoms with Gasteiger partial charge in [-0.1, -0.05) is 30.9 Å². The molecule has 2 aromatic rings. The molecule has 2 aromatic carbocycles. The fourth-order valence-electron chi connectivity index (χ4n) is 3.77. The van der Waals surface area contributed by atoms with Crippen molar-refractivity contribution in [2.24, 2.45) is 4.99 Å². The van der Waals surface area contributed by atoms with Crippen LogP contribution < -0.4 is 16.0 Å². The van der Waals surface area contributed by atoms with Crippen LogP contribution in [0, 0.1) is 5.82 Å². The average molecular weight is 548 g/mol. The first kappa shape index (κ1) is 31.8. The van der Waals surface area contributed by atoms with Gasteiger partial charge in [0, 0.05) is 53.9 Å². The van der Waals surface area contributed by atoms with Crippen LogP contribution >= 0.6 is 11.9 Å². The maximum atomic E-state index is 13.0. The Balaban J connectivity index is 0.00000260. The fourth-order valence-corrected chi connectivity index (χ4v) is 4.72. The van der Waals surface area contributed by atoms with Crippen molar-refractivity contribution in [3.8, 4) is 0 Å². The lowest BCUT2D eigenvalue weighted by Crippen LogP contribution is -2.40. The number of aliphatic imine (C=N–C) groups is 1. The van der Waals surface area contributed by atoms with E-state index in [0.29, 0.717) is 12.7 Å². The van der Waals surface area contributed by atoms with Crippen LogP contribution in [0.1, 0.15) is 26.7 Å². The Kier molecular flexibility index (Phi) is 15.3. The fraction of sp³-hybridized carbons (Fsp3) is 0.281. The molecular weight excluding hydrogens is 505 g/mol. The van der Waals surface area contributed by atoms with Gasteiger partial charge < -0.3 is 16.0 Å². The highest BCUT2D eigenvalue weighted by Crippen LogP contribution is 2.27. The molecule has 39 heavy (non-hydrogen) atoms. The van der Waals surface area contributed by atoms with E-state index in [1.807, 2.05) is 44.0 Å². The first-order valence-corrected chi connectivity index (χ1v) is 14.0. The molecule has 0 amide bonds. The largest absolute Gasteiger partial charge is 0.366 e. The smallest absolute Gasteiger partial charge is 0.123 e. The molecule has 0 aliphatic carbocycles. The number of hydrogen-bond acceptors (Lipinski definition) is 6. The van der Waals surface area contributed by atoms with E-state index in [9.17, 15) is 4.39 Å². The molecule has 0 atom stereocenters. The molecule has 1 saturated heterocycles. The summed E-state index contributed by atoms with van der Waals surface area (Å²) in [6.45, 7) is 17.4. The van der Waals surface area contributed by atoms with Crippen LogP contribution in [0.15, 0.2) is 120 Å². The van der Waals surface area contributed by atoms with E-state index in [1.165, 1.54) is 22.6 Å². The molecule has 0 aromatic heterocycles. The summed E-state index contributed by atoms with van der Waals surface area (Å²) >= 11 is 1.83. The summed E-state index contributed by atoms with van der Waals surface area (Å²) in [5, 5.41) is 10.2. The van der Waals surface area contributed by atoms with Crippen molar-refractivity contribution >= 4 is 29.5 Å². The van der Waals surface area contributed by atoms with Gasteiger partial charge in [0.2, 0.25) is 0 Å². The minimum Gasteiger partial charge on any atom is -0.366 e. The number of allylic oxidation sites excluding steroid dienone is 5. The topological polar surface area (TPSA) is 51.7 Å². The van der Waals surface area contributed by atoms with Gasteiger partial charge in [-0.15, -0.1) is 13.2 Å². The minimum atomic E-state index is -0.244. The van der Waals surface area contributed by atoms with Crippen LogP contribution in [0.25, 0.3) is 0 Å². The molecule has 1 aliphatic heterocycles. The monoisotopic (exact) mass is 547 g/mol. The van der Waals surface area contributed by atoms with Gasteiger partial charge in [0.15, 0.2) is 0 Å². The Labute approximate surface area is 238 Å². The maximum Gasteiger partial charge on any atom is 0.123 e. The van der Waals surface area contributed by atoms with Gasteiger partial charge in [-0.25, -0.2) is 8.70 Å². The SMILES string of the molecule is C=C.C=C/C(=C\C=C/C)CNC1CCN(Sc2ccc(NC/N=C\C=C(/C)Nc3ccc(F)cc3)cc2)CC1. The molecule has 0 spiro atoms. The minimum absolute atomic E-state index is 0.244. The molecule has 1 fully saturated rings. The Hall–Kier alpha value is -3.39. The summed E-state index contributed by atoms with van der Waals surface area (Å²) in [7, 11) is 0. The van der Waals surface area contributed by atoms with Crippen molar-refractivity contribution in [1.29, 1.82) is 0 Å². The van der Waals surface area contributed by atoms with Gasteiger partial charge in [-0.05, 0) is 98.8 Å². The molecule has 1 aliphatic rings. The number of nitrogens with zero attached hydrogens (tertiary/aromatic N) is 2. The lowest BCUT2D eigenvalue weighted by molar-refractivity contribution is 0.313. The number of hydrogen-bond donors (Lipinski definition) is 3. The summed E-state index contributed by atoms with van der Waals surface area (Å²) in [4.78, 5) is 5.63. The van der Waals surface area contributed by atoms with Gasteiger partial charge in [-0.2, -0.15) is 0 Å². The predicted octanol–water partition coefficient (Wildman–Crippen LogP) is 7.83. The van der Waals surface area contributed by atoms with E-state index in [0.717, 1.165) is 49.5 Å². The van der Waals surface area contributed by atoms with Crippen LogP contribution in [0.3, 0.4) is 0 Å². The summed E-state index contributed by atoms with van der Waals surface area (Å²) in [5.41, 5.74) is 4.04. The number of anilines is 2. The molecule has 3 N–H and O–H groups in total. The quantitative estimate of drug-likeness (QED) is 0.103. The normalized spacial score (nSPS) is 15.3. The van der Waals surface area contributed by atoms with Crippen molar-refractivity contribution in [3.05, 3.63) is 116 Å². The van der Waals surface area contributed by atoms with E-state index >= 15 is 0 Å². The Morgan fingerprint density at radius 2 is 1.72 bits per heavy atom. The maximum absolute atomic E-state index is 13.0. The lowest BCUT2D eigenvalue weighted by Gasteiger charge is -2.31. The van der Waals surface area contributed by atoms with Crippen LogP contribution in [0.5, 0.6) is 0 Å². The molecule has 0 saturated carbocycles. The predicted molar refractivity (Wildman–Crippen MR) is 170 cm³/mol. The molecule has 5 nitrogen and oxygen atoms in total. The Morgan fingerprint density at radius 1 is 1.05 bits per heavy atom. The highest BCUT2D eigenvalue weighted by molar-refractivity contribution is 7.97. The van der Waals surface area contributed by atoms with Crippen LogP contribution in [-0.2, 0) is 0 Å². The van der Waals surface area contributed by atoms with Gasteiger partial charge >= 0.3 is 0 Å². The number of rotatable bonds is 13. The van der Waals surface area contributed by atoms with Crippen molar-refractivity contribution in [2.75, 3.05) is 36.9 Å². The van der Waals surface area contributed by atoms with Crippen molar-refractivity contribution in [2.45, 2.75) is 37.6 Å². The van der Waals surface area contributed by atoms with Crippen LogP contribution in [0.2, 0.25) is 0 Å². The highest BCUT2D eigenvalue weighted by Gasteiger charge is 2.19. The van der Waals surface area contributed by atoms with Crippen molar-refractivity contribution < 1.29 is 4.39 Å².